The third-order valence-corrected chi connectivity index (χ3v) is 7.52. The molecule has 1 unspecified atom stereocenters. The molecule has 138 valence electrons. The van der Waals surface area contributed by atoms with E-state index in [0.29, 0.717) is 17.6 Å². The van der Waals surface area contributed by atoms with Crippen molar-refractivity contribution in [3.8, 4) is 0 Å². The molecule has 3 saturated heterocycles. The van der Waals surface area contributed by atoms with Crippen molar-refractivity contribution in [2.75, 3.05) is 31.5 Å². The van der Waals surface area contributed by atoms with Crippen LogP contribution in [0.25, 0.3) is 10.2 Å². The summed E-state index contributed by atoms with van der Waals surface area (Å²) >= 11 is 7.06. The van der Waals surface area contributed by atoms with Gasteiger partial charge in [0.05, 0.1) is 36.4 Å². The highest BCUT2D eigenvalue weighted by Crippen LogP contribution is 2.39. The molecule has 1 aromatic carbocycles. The van der Waals surface area contributed by atoms with E-state index in [1.54, 1.807) is 11.3 Å². The van der Waals surface area contributed by atoms with Gasteiger partial charge >= 0.3 is 7.41 Å². The van der Waals surface area contributed by atoms with E-state index in [4.69, 9.17) is 12.2 Å². The first kappa shape index (κ1) is 18.2. The number of aromatic nitrogens is 1. The summed E-state index contributed by atoms with van der Waals surface area (Å²) in [6.07, 6.45) is 2.23. The Morgan fingerprint density at radius 3 is 2.92 bits per heavy atom. The van der Waals surface area contributed by atoms with Gasteiger partial charge in [-0.15, -0.1) is 0 Å². The molecule has 0 amide bonds. The molecule has 0 aliphatic carbocycles. The molecule has 0 spiro atoms. The first-order chi connectivity index (χ1) is 12.4. The number of nitrogens with one attached hydrogen (secondary N) is 2. The number of quaternary nitrogens is 1. The second-order valence-corrected chi connectivity index (χ2v) is 9.33. The first-order valence-corrected chi connectivity index (χ1v) is 10.6. The van der Waals surface area contributed by atoms with Crippen LogP contribution >= 0.6 is 23.6 Å². The highest BCUT2D eigenvalue weighted by molar-refractivity contribution is 7.80. The fourth-order valence-electron chi connectivity index (χ4n) is 4.66. The third-order valence-electron chi connectivity index (χ3n) is 6.34. The van der Waals surface area contributed by atoms with Crippen molar-refractivity contribution in [1.29, 1.82) is 0 Å². The molecular formula is C18H26BN4OS2+. The molecule has 8 heteroatoms. The number of hydrogen-bond donors (Lipinski definition) is 3. The molecule has 2 bridgehead atoms. The highest BCUT2D eigenvalue weighted by Gasteiger charge is 2.53. The molecule has 2 aromatic rings. The number of nitrogens with zero attached hydrogens (tertiary/aromatic N) is 2. The standard InChI is InChI=1S/C18H25BN4OS2/c1-12-4-3-5-14-15(12)21-17(26-14)22-16(25)20-10-18(24)11-23(19-2)8-6-13(18)7-9-23/h3-5,13,19,24H,6-11H2,1-2H3,(H-,20,21,22,25)/p+1. The lowest BCUT2D eigenvalue weighted by molar-refractivity contribution is -0.851. The number of aryl methyl sites for hydroxylation is 1. The van der Waals surface area contributed by atoms with Gasteiger partial charge in [0, 0.05) is 18.8 Å². The van der Waals surface area contributed by atoms with E-state index >= 15 is 0 Å². The fraction of sp³-hybridized carbons (Fsp3) is 0.556. The maximum absolute atomic E-state index is 11.2. The topological polar surface area (TPSA) is 57.2 Å². The summed E-state index contributed by atoms with van der Waals surface area (Å²) in [4.78, 5) is 4.64. The average molecular weight is 389 g/mol. The van der Waals surface area contributed by atoms with Crippen LogP contribution in [-0.4, -0.2) is 58.8 Å². The van der Waals surface area contributed by atoms with E-state index in [9.17, 15) is 5.11 Å². The SMILES string of the molecule is CB[N+]12CCC(CC1)C(O)(CNC(=S)Nc1nc3c(C)cccc3s1)C2. The zero-order chi connectivity index (χ0) is 18.4. The van der Waals surface area contributed by atoms with Crippen LogP contribution in [0.4, 0.5) is 5.13 Å². The third kappa shape index (κ3) is 3.24. The normalized spacial score (nSPS) is 30.3. The minimum absolute atomic E-state index is 0.384. The highest BCUT2D eigenvalue weighted by atomic mass is 32.1. The zero-order valence-electron chi connectivity index (χ0n) is 15.4. The molecule has 4 heterocycles. The Morgan fingerprint density at radius 1 is 1.46 bits per heavy atom. The molecule has 5 rings (SSSR count). The van der Waals surface area contributed by atoms with Crippen LogP contribution < -0.4 is 10.6 Å². The van der Waals surface area contributed by atoms with Gasteiger partial charge in [0.15, 0.2) is 10.2 Å². The van der Waals surface area contributed by atoms with Crippen molar-refractivity contribution in [1.82, 2.24) is 10.3 Å². The Kier molecular flexibility index (Phi) is 4.71. The van der Waals surface area contributed by atoms with Crippen LogP contribution in [-0.2, 0) is 0 Å². The van der Waals surface area contributed by atoms with Crippen molar-refractivity contribution >= 4 is 51.4 Å². The summed E-state index contributed by atoms with van der Waals surface area (Å²) in [5.41, 5.74) is 1.52. The summed E-state index contributed by atoms with van der Waals surface area (Å²) in [5, 5.41) is 19.0. The van der Waals surface area contributed by atoms with E-state index < -0.39 is 5.60 Å². The largest absolute Gasteiger partial charge is 0.394 e. The Morgan fingerprint density at radius 2 is 2.23 bits per heavy atom. The number of rotatable bonds is 4. The Balaban J connectivity index is 1.40. The molecule has 3 aliphatic heterocycles. The lowest BCUT2D eigenvalue weighted by Gasteiger charge is -2.57. The quantitative estimate of drug-likeness (QED) is 0.553. The maximum Gasteiger partial charge on any atom is 0.386 e. The summed E-state index contributed by atoms with van der Waals surface area (Å²) in [6, 6.07) is 6.19. The van der Waals surface area contributed by atoms with Crippen molar-refractivity contribution in [2.45, 2.75) is 32.2 Å². The smallest absolute Gasteiger partial charge is 0.386 e. The van der Waals surface area contributed by atoms with E-state index in [2.05, 4.69) is 41.5 Å². The number of hydrogen-bond acceptors (Lipinski definition) is 4. The van der Waals surface area contributed by atoms with Gasteiger partial charge in [-0.1, -0.05) is 23.5 Å². The Hall–Kier alpha value is -1.22. The summed E-state index contributed by atoms with van der Waals surface area (Å²) < 4.78 is 2.20. The van der Waals surface area contributed by atoms with Crippen LogP contribution in [0.3, 0.4) is 0 Å². The van der Waals surface area contributed by atoms with Crippen molar-refractivity contribution in [3.05, 3.63) is 23.8 Å². The van der Waals surface area contributed by atoms with Crippen molar-refractivity contribution in [3.63, 3.8) is 0 Å². The molecule has 5 nitrogen and oxygen atoms in total. The summed E-state index contributed by atoms with van der Waals surface area (Å²) in [5.74, 6) is 0.384. The Bertz CT molecular complexity index is 834. The van der Waals surface area contributed by atoms with Gasteiger partial charge in [-0.2, -0.15) is 0 Å². The van der Waals surface area contributed by atoms with E-state index in [1.165, 1.54) is 18.7 Å². The zero-order valence-corrected chi connectivity index (χ0v) is 17.1. The van der Waals surface area contributed by atoms with Gasteiger partial charge in [-0.05, 0) is 37.6 Å². The number of fused-ring (bicyclic) bond motifs is 4. The molecule has 3 aliphatic rings. The van der Waals surface area contributed by atoms with Gasteiger partial charge in [0.1, 0.15) is 5.60 Å². The van der Waals surface area contributed by atoms with Gasteiger partial charge in [0.2, 0.25) is 0 Å². The molecule has 3 fully saturated rings. The van der Waals surface area contributed by atoms with Gasteiger partial charge in [-0.25, -0.2) is 4.98 Å². The average Bonchev–Trinajstić information content (AvgIpc) is 3.05. The number of thiocarbonyl (C=S) groups is 1. The Labute approximate surface area is 164 Å². The molecule has 1 atom stereocenters. The second kappa shape index (κ2) is 6.75. The van der Waals surface area contributed by atoms with Gasteiger partial charge in [-0.3, -0.25) is 0 Å². The number of anilines is 1. The van der Waals surface area contributed by atoms with E-state index in [1.807, 2.05) is 6.07 Å². The molecule has 0 saturated carbocycles. The number of thiazole rings is 1. The van der Waals surface area contributed by atoms with Crippen LogP contribution in [0.5, 0.6) is 0 Å². The lowest BCUT2D eigenvalue weighted by atomic mass is 9.68. The van der Waals surface area contributed by atoms with E-state index in [-0.39, 0.29) is 0 Å². The number of aliphatic hydroxyl groups is 1. The second-order valence-electron chi connectivity index (χ2n) is 7.89. The van der Waals surface area contributed by atoms with Gasteiger partial charge in [0.25, 0.3) is 0 Å². The molecule has 0 radical (unpaired) electrons. The fourth-order valence-corrected chi connectivity index (χ4v) is 5.85. The predicted octanol–water partition coefficient (Wildman–Crippen LogP) is 2.26. The monoisotopic (exact) mass is 389 g/mol. The maximum atomic E-state index is 11.2. The van der Waals surface area contributed by atoms with Crippen LogP contribution in [0.2, 0.25) is 6.82 Å². The number of benzene rings is 1. The number of para-hydroxylation sites is 1. The van der Waals surface area contributed by atoms with E-state index in [0.717, 1.165) is 46.5 Å². The molecule has 1 aromatic heterocycles. The molecular weight excluding hydrogens is 363 g/mol. The first-order valence-electron chi connectivity index (χ1n) is 9.42. The minimum Gasteiger partial charge on any atom is -0.394 e. The summed E-state index contributed by atoms with van der Waals surface area (Å²) in [7, 11) is 1.10. The lowest BCUT2D eigenvalue weighted by Crippen LogP contribution is -2.72. The minimum atomic E-state index is -0.664. The summed E-state index contributed by atoms with van der Waals surface area (Å²) in [6.45, 7) is 8.06. The molecule has 3 N–H and O–H groups in total. The number of piperidine rings is 3. The van der Waals surface area contributed by atoms with Crippen molar-refractivity contribution < 1.29 is 9.50 Å². The predicted molar refractivity (Wildman–Crippen MR) is 114 cm³/mol. The van der Waals surface area contributed by atoms with Gasteiger partial charge < -0.3 is 20.1 Å². The van der Waals surface area contributed by atoms with Crippen LogP contribution in [0, 0.1) is 12.8 Å². The van der Waals surface area contributed by atoms with Crippen LogP contribution in [0.1, 0.15) is 18.4 Å². The van der Waals surface area contributed by atoms with Crippen LogP contribution in [0.15, 0.2) is 18.2 Å². The molecule has 26 heavy (non-hydrogen) atoms. The van der Waals surface area contributed by atoms with Crippen molar-refractivity contribution in [2.24, 2.45) is 5.92 Å².